The van der Waals surface area contributed by atoms with Crippen LogP contribution in [-0.4, -0.2) is 67.6 Å². The molecule has 1 saturated heterocycles. The van der Waals surface area contributed by atoms with E-state index < -0.39 is 39.6 Å². The highest BCUT2D eigenvalue weighted by molar-refractivity contribution is 7.90. The Balaban J connectivity index is 1.46. The lowest BCUT2D eigenvalue weighted by atomic mass is 10.0. The molecule has 1 fully saturated rings. The molecule has 0 unspecified atom stereocenters. The van der Waals surface area contributed by atoms with E-state index in [9.17, 15) is 27.2 Å². The minimum atomic E-state index is -3.29. The number of aromatic amines is 1. The number of aryl methyl sites for hydroxylation is 1. The first-order valence-electron chi connectivity index (χ1n) is 10.6. The molecule has 0 aliphatic carbocycles. The van der Waals surface area contributed by atoms with Crippen molar-refractivity contribution in [2.45, 2.75) is 19.9 Å². The number of hydroxylamine groups is 2. The fourth-order valence-corrected chi connectivity index (χ4v) is 4.26. The number of nitrogens with one attached hydrogen (secondary N) is 3. The van der Waals surface area contributed by atoms with Gasteiger partial charge in [0, 0.05) is 28.8 Å². The molecule has 4 rings (SSSR count). The molecule has 3 heterocycles. The lowest BCUT2D eigenvalue weighted by Crippen LogP contribution is -2.44. The number of hydrogen-bond donors (Lipinski definition) is 3. The van der Waals surface area contributed by atoms with Gasteiger partial charge in [-0.05, 0) is 38.1 Å². The molecule has 35 heavy (non-hydrogen) atoms. The second-order valence-corrected chi connectivity index (χ2v) is 10.5. The van der Waals surface area contributed by atoms with Crippen molar-refractivity contribution in [3.63, 3.8) is 0 Å². The SMILES string of the molecule is Cc1[nH]c(/C=C2\C(=O)Nc3ccc(F)cc32)c(C)c1OC(=O)N[C@@H]1CON(CCS(C)(=O)=O)C1=O. The summed E-state index contributed by atoms with van der Waals surface area (Å²) in [5.74, 6) is -1.53. The monoisotopic (exact) mass is 506 g/mol. The van der Waals surface area contributed by atoms with Crippen LogP contribution >= 0.6 is 0 Å². The standard InChI is InChI=1S/C22H23FN4O7S/c1-11-17(9-15-14-8-13(23)4-5-16(14)25-20(15)28)24-12(2)19(11)34-22(30)26-18-10-33-27(21(18)29)6-7-35(3,31)32/h4-5,8-9,18,24H,6-7,10H2,1-3H3,(H,25,28)(H,26,30)/b15-9-/t18-/m1/s1. The van der Waals surface area contributed by atoms with E-state index >= 15 is 0 Å². The zero-order valence-corrected chi connectivity index (χ0v) is 19.9. The summed E-state index contributed by atoms with van der Waals surface area (Å²) < 4.78 is 41.7. The molecule has 0 spiro atoms. The van der Waals surface area contributed by atoms with Crippen molar-refractivity contribution in [1.29, 1.82) is 0 Å². The first-order chi connectivity index (χ1) is 16.4. The number of aromatic nitrogens is 1. The van der Waals surface area contributed by atoms with Crippen molar-refractivity contribution >= 4 is 45.1 Å². The van der Waals surface area contributed by atoms with Gasteiger partial charge >= 0.3 is 6.09 Å². The maximum atomic E-state index is 13.7. The average molecular weight is 507 g/mol. The maximum Gasteiger partial charge on any atom is 0.413 e. The van der Waals surface area contributed by atoms with Gasteiger partial charge in [0.15, 0.2) is 5.75 Å². The van der Waals surface area contributed by atoms with Crippen LogP contribution in [0, 0.1) is 19.7 Å². The largest absolute Gasteiger partial charge is 0.413 e. The molecule has 1 atom stereocenters. The van der Waals surface area contributed by atoms with Gasteiger partial charge in [-0.15, -0.1) is 0 Å². The Morgan fingerprint density at radius 3 is 2.80 bits per heavy atom. The molecular weight excluding hydrogens is 483 g/mol. The quantitative estimate of drug-likeness (QED) is 0.504. The van der Waals surface area contributed by atoms with Crippen LogP contribution in [0.5, 0.6) is 5.75 Å². The van der Waals surface area contributed by atoms with Crippen molar-refractivity contribution in [2.75, 3.05) is 30.5 Å². The summed E-state index contributed by atoms with van der Waals surface area (Å²) in [6, 6.07) is 2.96. The number of hydrogen-bond acceptors (Lipinski definition) is 7. The third kappa shape index (κ3) is 5.20. The lowest BCUT2D eigenvalue weighted by molar-refractivity contribution is -0.160. The van der Waals surface area contributed by atoms with Crippen LogP contribution < -0.4 is 15.4 Å². The number of ether oxygens (including phenoxy) is 1. The molecule has 2 aromatic rings. The third-order valence-electron chi connectivity index (χ3n) is 5.55. The summed E-state index contributed by atoms with van der Waals surface area (Å²) in [5.41, 5.74) is 2.66. The van der Waals surface area contributed by atoms with E-state index in [1.54, 1.807) is 19.9 Å². The lowest BCUT2D eigenvalue weighted by Gasteiger charge is -2.14. The van der Waals surface area contributed by atoms with Crippen molar-refractivity contribution in [2.24, 2.45) is 0 Å². The predicted octanol–water partition coefficient (Wildman–Crippen LogP) is 1.54. The molecule has 2 aliphatic rings. The van der Waals surface area contributed by atoms with Gasteiger partial charge in [-0.3, -0.25) is 14.4 Å². The van der Waals surface area contributed by atoms with Crippen LogP contribution in [0.15, 0.2) is 18.2 Å². The summed E-state index contributed by atoms with van der Waals surface area (Å²) in [5, 5.41) is 5.97. The summed E-state index contributed by atoms with van der Waals surface area (Å²) in [6.07, 6.45) is 1.68. The predicted molar refractivity (Wildman–Crippen MR) is 123 cm³/mol. The summed E-state index contributed by atoms with van der Waals surface area (Å²) in [6.45, 7) is 3.02. The number of amides is 3. The summed E-state index contributed by atoms with van der Waals surface area (Å²) in [7, 11) is -3.29. The normalized spacial score (nSPS) is 18.7. The van der Waals surface area contributed by atoms with E-state index in [0.717, 1.165) is 11.3 Å². The van der Waals surface area contributed by atoms with Gasteiger partial charge in [0.25, 0.3) is 11.8 Å². The summed E-state index contributed by atoms with van der Waals surface area (Å²) >= 11 is 0. The van der Waals surface area contributed by atoms with Gasteiger partial charge < -0.3 is 20.4 Å². The van der Waals surface area contributed by atoms with Crippen molar-refractivity contribution in [3.8, 4) is 5.75 Å². The van der Waals surface area contributed by atoms with E-state index in [4.69, 9.17) is 9.57 Å². The topological polar surface area (TPSA) is 147 Å². The van der Waals surface area contributed by atoms with Crippen molar-refractivity contribution in [3.05, 3.63) is 46.5 Å². The number of carbonyl (C=O) groups is 3. The molecule has 0 saturated carbocycles. The van der Waals surface area contributed by atoms with Crippen LogP contribution in [0.1, 0.15) is 22.5 Å². The molecule has 0 bridgehead atoms. The zero-order chi connectivity index (χ0) is 25.5. The number of nitrogens with zero attached hydrogens (tertiary/aromatic N) is 1. The number of fused-ring (bicyclic) bond motifs is 1. The van der Waals surface area contributed by atoms with Gasteiger partial charge in [0.1, 0.15) is 28.3 Å². The van der Waals surface area contributed by atoms with Gasteiger partial charge in [0.05, 0.1) is 23.6 Å². The Bertz CT molecular complexity index is 1370. The first-order valence-corrected chi connectivity index (χ1v) is 12.6. The molecule has 0 radical (unpaired) electrons. The Kier molecular flexibility index (Phi) is 6.38. The van der Waals surface area contributed by atoms with Gasteiger partial charge in [0.2, 0.25) is 0 Å². The number of rotatable bonds is 6. The summed E-state index contributed by atoms with van der Waals surface area (Å²) in [4.78, 5) is 45.4. The van der Waals surface area contributed by atoms with Gasteiger partial charge in [-0.25, -0.2) is 22.7 Å². The molecule has 13 heteroatoms. The van der Waals surface area contributed by atoms with Crippen LogP contribution in [-0.2, 0) is 24.3 Å². The Hall–Kier alpha value is -3.71. The van der Waals surface area contributed by atoms with Crippen LogP contribution in [0.3, 0.4) is 0 Å². The molecule has 186 valence electrons. The zero-order valence-electron chi connectivity index (χ0n) is 19.1. The number of benzene rings is 1. The van der Waals surface area contributed by atoms with Gasteiger partial charge in [-0.2, -0.15) is 0 Å². The third-order valence-corrected chi connectivity index (χ3v) is 6.48. The second-order valence-electron chi connectivity index (χ2n) is 8.27. The Labute approximate surface area is 200 Å². The van der Waals surface area contributed by atoms with E-state index in [0.29, 0.717) is 28.2 Å². The number of carbonyl (C=O) groups excluding carboxylic acids is 3. The molecule has 3 amide bonds. The molecule has 1 aromatic carbocycles. The molecule has 2 aliphatic heterocycles. The molecule has 1 aromatic heterocycles. The fraction of sp³-hybridized carbons (Fsp3) is 0.318. The Morgan fingerprint density at radius 2 is 2.09 bits per heavy atom. The molecule has 3 N–H and O–H groups in total. The highest BCUT2D eigenvalue weighted by atomic mass is 32.2. The van der Waals surface area contributed by atoms with Crippen molar-refractivity contribution in [1.82, 2.24) is 15.4 Å². The van der Waals surface area contributed by atoms with E-state index in [-0.39, 0.29) is 30.2 Å². The average Bonchev–Trinajstić information content (AvgIpc) is 3.36. The number of H-pyrrole nitrogens is 1. The van der Waals surface area contributed by atoms with E-state index in [1.807, 2.05) is 0 Å². The van der Waals surface area contributed by atoms with Crippen LogP contribution in [0.4, 0.5) is 14.9 Å². The minimum absolute atomic E-state index is 0.153. The van der Waals surface area contributed by atoms with Crippen LogP contribution in [0.2, 0.25) is 0 Å². The highest BCUT2D eigenvalue weighted by Gasteiger charge is 2.35. The van der Waals surface area contributed by atoms with E-state index in [2.05, 4.69) is 15.6 Å². The Morgan fingerprint density at radius 1 is 1.34 bits per heavy atom. The smallest absolute Gasteiger partial charge is 0.408 e. The molecule has 11 nitrogen and oxygen atoms in total. The van der Waals surface area contributed by atoms with E-state index in [1.165, 1.54) is 18.2 Å². The van der Waals surface area contributed by atoms with Crippen LogP contribution in [0.25, 0.3) is 11.6 Å². The second kappa shape index (κ2) is 9.15. The fourth-order valence-electron chi connectivity index (χ4n) is 3.77. The maximum absolute atomic E-state index is 13.7. The highest BCUT2D eigenvalue weighted by Crippen LogP contribution is 2.35. The van der Waals surface area contributed by atoms with Gasteiger partial charge in [-0.1, -0.05) is 0 Å². The minimum Gasteiger partial charge on any atom is -0.408 e. The first kappa shape index (κ1) is 24.4. The number of halogens is 1. The number of sulfone groups is 1. The molecular formula is C22H23FN4O7S. The van der Waals surface area contributed by atoms with Crippen molar-refractivity contribution < 1.29 is 36.8 Å². The number of anilines is 1.